The van der Waals surface area contributed by atoms with Crippen LogP contribution in [0.15, 0.2) is 36.8 Å². The summed E-state index contributed by atoms with van der Waals surface area (Å²) < 4.78 is 65.2. The van der Waals surface area contributed by atoms with Crippen LogP contribution in [0.5, 0.6) is 5.75 Å². The van der Waals surface area contributed by atoms with Crippen LogP contribution in [0.2, 0.25) is 0 Å². The zero-order chi connectivity index (χ0) is 25.8. The van der Waals surface area contributed by atoms with E-state index in [2.05, 4.69) is 42.6 Å². The number of halogens is 3. The molecule has 0 aliphatic carbocycles. The lowest BCUT2D eigenvalue weighted by atomic mass is 10.1. The van der Waals surface area contributed by atoms with Gasteiger partial charge in [-0.15, -0.1) is 0 Å². The lowest BCUT2D eigenvalue weighted by molar-refractivity contribution is -0.140. The summed E-state index contributed by atoms with van der Waals surface area (Å²) in [6.07, 6.45) is -0.606. The van der Waals surface area contributed by atoms with Gasteiger partial charge in [0, 0.05) is 37.2 Å². The molecule has 0 spiro atoms. The highest BCUT2D eigenvalue weighted by Crippen LogP contribution is 2.46. The third-order valence-electron chi connectivity index (χ3n) is 5.38. The molecule has 36 heavy (non-hydrogen) atoms. The van der Waals surface area contributed by atoms with Crippen LogP contribution in [0.3, 0.4) is 0 Å². The SMILES string of the molecule is O=C(C#Cc1cn[nH]c1)Nc1cc(-c2ncc(C(F)(F)F)[nH]2)ccc1OCCC1CNCCS1(O)O. The van der Waals surface area contributed by atoms with Crippen LogP contribution in [0.25, 0.3) is 11.4 Å². The highest BCUT2D eigenvalue weighted by molar-refractivity contribution is 8.24. The first kappa shape index (κ1) is 25.6. The summed E-state index contributed by atoms with van der Waals surface area (Å²) in [6, 6.07) is 4.40. The van der Waals surface area contributed by atoms with Crippen LogP contribution in [0.1, 0.15) is 17.7 Å². The largest absolute Gasteiger partial charge is 0.491 e. The number of benzene rings is 1. The van der Waals surface area contributed by atoms with Gasteiger partial charge in [-0.25, -0.2) is 4.98 Å². The molecule has 4 rings (SSSR count). The zero-order valence-electron chi connectivity index (χ0n) is 18.7. The van der Waals surface area contributed by atoms with Gasteiger partial charge in [0.05, 0.1) is 41.3 Å². The number of hydrogen-bond donors (Lipinski definition) is 6. The van der Waals surface area contributed by atoms with Crippen molar-refractivity contribution in [2.24, 2.45) is 0 Å². The van der Waals surface area contributed by atoms with E-state index in [0.29, 0.717) is 31.3 Å². The minimum absolute atomic E-state index is 0.0453. The van der Waals surface area contributed by atoms with Crippen molar-refractivity contribution in [2.75, 3.05) is 30.8 Å². The van der Waals surface area contributed by atoms with E-state index in [0.717, 1.165) is 0 Å². The molecule has 1 amide bonds. The number of imidazole rings is 1. The van der Waals surface area contributed by atoms with E-state index in [9.17, 15) is 27.1 Å². The van der Waals surface area contributed by atoms with Gasteiger partial charge in [-0.3, -0.25) is 19.0 Å². The number of rotatable bonds is 6. The van der Waals surface area contributed by atoms with Crippen LogP contribution in [0, 0.1) is 11.8 Å². The molecule has 3 aromatic rings. The maximum Gasteiger partial charge on any atom is 0.432 e. The number of carbonyl (C=O) groups is 1. The van der Waals surface area contributed by atoms with Crippen molar-refractivity contribution in [2.45, 2.75) is 17.8 Å². The van der Waals surface area contributed by atoms with Gasteiger partial charge in [-0.05, 0) is 18.2 Å². The molecule has 1 aliphatic heterocycles. The number of amides is 1. The number of nitrogens with zero attached hydrogens (tertiary/aromatic N) is 2. The minimum Gasteiger partial charge on any atom is -0.491 e. The van der Waals surface area contributed by atoms with E-state index in [1.165, 1.54) is 30.6 Å². The lowest BCUT2D eigenvalue weighted by Gasteiger charge is -2.43. The standard InChI is InChI=1S/C22H23F3N6O4S/c23-22(24,25)19-13-27-21(31-19)15-2-3-18(35-7-5-16-12-26-6-8-36(16,33)34)17(9-15)30-20(32)4-1-14-10-28-29-11-14/h2-3,9-11,13,16,26,33-34H,5-8,12H2,(H,27,31)(H,28,29)(H,30,32). The molecule has 6 N–H and O–H groups in total. The van der Waals surface area contributed by atoms with Gasteiger partial charge in [0.2, 0.25) is 0 Å². The summed E-state index contributed by atoms with van der Waals surface area (Å²) in [5.74, 6) is 4.81. The monoisotopic (exact) mass is 524 g/mol. The molecule has 0 saturated carbocycles. The number of ether oxygens (including phenoxy) is 1. The van der Waals surface area contributed by atoms with Crippen LogP contribution in [-0.2, 0) is 11.0 Å². The molecule has 14 heteroatoms. The van der Waals surface area contributed by atoms with Crippen molar-refractivity contribution in [3.05, 3.63) is 48.0 Å². The summed E-state index contributed by atoms with van der Waals surface area (Å²) >= 11 is 0. The first-order valence-corrected chi connectivity index (χ1v) is 12.6. The average molecular weight is 525 g/mol. The molecule has 0 bridgehead atoms. The third-order valence-corrected chi connectivity index (χ3v) is 7.66. The topological polar surface area (TPSA) is 148 Å². The summed E-state index contributed by atoms with van der Waals surface area (Å²) in [4.78, 5) is 18.4. The van der Waals surface area contributed by atoms with Gasteiger partial charge < -0.3 is 20.4 Å². The van der Waals surface area contributed by atoms with Crippen LogP contribution in [0.4, 0.5) is 18.9 Å². The van der Waals surface area contributed by atoms with Gasteiger partial charge in [0.15, 0.2) is 0 Å². The van der Waals surface area contributed by atoms with Gasteiger partial charge in [-0.1, -0.05) is 5.92 Å². The summed E-state index contributed by atoms with van der Waals surface area (Å²) in [6.45, 7) is 1.09. The van der Waals surface area contributed by atoms with Gasteiger partial charge in [0.1, 0.15) is 17.3 Å². The number of anilines is 1. The van der Waals surface area contributed by atoms with Crippen molar-refractivity contribution >= 4 is 22.2 Å². The number of H-pyrrole nitrogens is 2. The van der Waals surface area contributed by atoms with Crippen LogP contribution < -0.4 is 15.4 Å². The molecule has 10 nitrogen and oxygen atoms in total. The molecule has 1 atom stereocenters. The Morgan fingerprint density at radius 1 is 1.31 bits per heavy atom. The molecular formula is C22H23F3N6O4S. The normalized spacial score (nSPS) is 18.1. The average Bonchev–Trinajstić information content (AvgIpc) is 3.52. The predicted octanol–water partition coefficient (Wildman–Crippen LogP) is 3.30. The van der Waals surface area contributed by atoms with E-state index in [4.69, 9.17) is 4.74 Å². The number of nitrogens with one attached hydrogen (secondary N) is 4. The van der Waals surface area contributed by atoms with Gasteiger partial charge in [-0.2, -0.15) is 28.9 Å². The third kappa shape index (κ3) is 6.38. The van der Waals surface area contributed by atoms with E-state index in [1.54, 1.807) is 0 Å². The Kier molecular flexibility index (Phi) is 7.55. The molecule has 1 aromatic carbocycles. The Morgan fingerprint density at radius 3 is 2.83 bits per heavy atom. The Bertz CT molecular complexity index is 1270. The van der Waals surface area contributed by atoms with Crippen molar-refractivity contribution in [1.29, 1.82) is 0 Å². The molecule has 1 aliphatic rings. The van der Waals surface area contributed by atoms with E-state index in [-0.39, 0.29) is 40.4 Å². The highest BCUT2D eigenvalue weighted by atomic mass is 32.3. The van der Waals surface area contributed by atoms with Crippen molar-refractivity contribution < 1.29 is 31.8 Å². The number of carbonyl (C=O) groups excluding carboxylic acids is 1. The number of hydrogen-bond acceptors (Lipinski definition) is 7. The lowest BCUT2D eigenvalue weighted by Crippen LogP contribution is -2.41. The number of aromatic nitrogens is 4. The second-order valence-electron chi connectivity index (χ2n) is 7.93. The molecule has 1 unspecified atom stereocenters. The second-order valence-corrected chi connectivity index (χ2v) is 10.4. The molecule has 0 radical (unpaired) electrons. The smallest absolute Gasteiger partial charge is 0.432 e. The zero-order valence-corrected chi connectivity index (χ0v) is 19.5. The molecule has 2 aromatic heterocycles. The fourth-order valence-corrected chi connectivity index (χ4v) is 5.13. The summed E-state index contributed by atoms with van der Waals surface area (Å²) in [7, 11) is -2.73. The Balaban J connectivity index is 1.54. The molecular weight excluding hydrogens is 501 g/mol. The Hall–Kier alpha value is -3.51. The van der Waals surface area contributed by atoms with Crippen LogP contribution in [-0.4, -0.2) is 65.9 Å². The summed E-state index contributed by atoms with van der Waals surface area (Å²) in [5, 5.41) is 11.6. The number of alkyl halides is 3. The fourth-order valence-electron chi connectivity index (χ4n) is 3.49. The second kappa shape index (κ2) is 10.6. The fraction of sp³-hybridized carbons (Fsp3) is 0.318. The van der Waals surface area contributed by atoms with E-state index in [1.807, 2.05) is 0 Å². The summed E-state index contributed by atoms with van der Waals surface area (Å²) in [5.41, 5.74) is -0.0703. The van der Waals surface area contributed by atoms with Crippen LogP contribution >= 0.6 is 10.6 Å². The molecule has 1 saturated heterocycles. The maximum atomic E-state index is 13.0. The van der Waals surface area contributed by atoms with Gasteiger partial charge in [0.25, 0.3) is 0 Å². The maximum absolute atomic E-state index is 13.0. The molecule has 1 fully saturated rings. The predicted molar refractivity (Wildman–Crippen MR) is 128 cm³/mol. The first-order valence-electron chi connectivity index (χ1n) is 10.8. The quantitative estimate of drug-likeness (QED) is 0.271. The van der Waals surface area contributed by atoms with E-state index < -0.39 is 28.4 Å². The van der Waals surface area contributed by atoms with Gasteiger partial charge >= 0.3 is 12.1 Å². The molecule has 3 heterocycles. The number of aromatic amines is 2. The molecule has 192 valence electrons. The van der Waals surface area contributed by atoms with Crippen molar-refractivity contribution in [1.82, 2.24) is 25.5 Å². The Labute approximate surface area is 205 Å². The van der Waals surface area contributed by atoms with Crippen molar-refractivity contribution in [3.8, 4) is 29.0 Å². The minimum atomic E-state index is -4.58. The first-order chi connectivity index (χ1) is 17.1. The van der Waals surface area contributed by atoms with Crippen molar-refractivity contribution in [3.63, 3.8) is 0 Å². The Morgan fingerprint density at radius 2 is 2.14 bits per heavy atom. The van der Waals surface area contributed by atoms with E-state index >= 15 is 0 Å². The highest BCUT2D eigenvalue weighted by Gasteiger charge is 2.33.